The van der Waals surface area contributed by atoms with E-state index in [0.717, 1.165) is 34.4 Å². The number of benzene rings is 2. The third kappa shape index (κ3) is 3.95. The van der Waals surface area contributed by atoms with Crippen LogP contribution in [0.5, 0.6) is 5.75 Å². The van der Waals surface area contributed by atoms with Gasteiger partial charge in [0.25, 0.3) is 0 Å². The number of ether oxygens (including phenoxy) is 1. The van der Waals surface area contributed by atoms with E-state index in [0.29, 0.717) is 18.2 Å². The van der Waals surface area contributed by atoms with Crippen molar-refractivity contribution >= 4 is 32.7 Å². The van der Waals surface area contributed by atoms with Gasteiger partial charge in [0, 0.05) is 13.1 Å². The standard InChI is InChI=1S/C21H23N3O3S/c1-27-16-7-8-17-18(13-16)28-20(22-17)23-21(26)24-11-9-15(10-12-24)19(25)14-5-3-2-4-6-14/h2-8,13,15,19,25H,9-12H2,1H3,(H,22,23,26). The summed E-state index contributed by atoms with van der Waals surface area (Å²) in [6.07, 6.45) is 1.08. The van der Waals surface area contributed by atoms with Gasteiger partial charge >= 0.3 is 6.03 Å². The molecule has 146 valence electrons. The Balaban J connectivity index is 1.35. The SMILES string of the molecule is COc1ccc2nc(NC(=O)N3CCC(C(O)c4ccccc4)CC3)sc2c1. The monoisotopic (exact) mass is 397 g/mol. The van der Waals surface area contributed by atoms with Crippen LogP contribution >= 0.6 is 11.3 Å². The molecule has 2 amide bonds. The van der Waals surface area contributed by atoms with Crippen molar-refractivity contribution < 1.29 is 14.6 Å². The number of amides is 2. The summed E-state index contributed by atoms with van der Waals surface area (Å²) in [4.78, 5) is 18.9. The van der Waals surface area contributed by atoms with Gasteiger partial charge in [0.2, 0.25) is 0 Å². The molecule has 2 N–H and O–H groups in total. The third-order valence-corrected chi connectivity index (χ3v) is 6.16. The van der Waals surface area contributed by atoms with Gasteiger partial charge in [-0.2, -0.15) is 0 Å². The van der Waals surface area contributed by atoms with E-state index in [9.17, 15) is 9.90 Å². The van der Waals surface area contributed by atoms with Gasteiger partial charge in [0.15, 0.2) is 5.13 Å². The molecule has 1 fully saturated rings. The zero-order chi connectivity index (χ0) is 19.5. The normalized spacial score (nSPS) is 16.1. The van der Waals surface area contributed by atoms with Crippen LogP contribution < -0.4 is 10.1 Å². The smallest absolute Gasteiger partial charge is 0.323 e. The van der Waals surface area contributed by atoms with Gasteiger partial charge in [-0.05, 0) is 42.5 Å². The summed E-state index contributed by atoms with van der Waals surface area (Å²) in [7, 11) is 1.63. The summed E-state index contributed by atoms with van der Waals surface area (Å²) in [5.41, 5.74) is 1.78. The van der Waals surface area contributed by atoms with Gasteiger partial charge in [-0.1, -0.05) is 41.7 Å². The first-order chi connectivity index (χ1) is 13.6. The minimum absolute atomic E-state index is 0.140. The molecule has 0 saturated carbocycles. The molecule has 0 radical (unpaired) electrons. The minimum atomic E-state index is -0.481. The third-order valence-electron chi connectivity index (χ3n) is 5.22. The Morgan fingerprint density at radius 3 is 2.71 bits per heavy atom. The number of anilines is 1. The van der Waals surface area contributed by atoms with Crippen molar-refractivity contribution in [3.63, 3.8) is 0 Å². The number of piperidine rings is 1. The van der Waals surface area contributed by atoms with E-state index >= 15 is 0 Å². The summed E-state index contributed by atoms with van der Waals surface area (Å²) in [6, 6.07) is 15.2. The number of nitrogens with one attached hydrogen (secondary N) is 1. The molecule has 1 aliphatic heterocycles. The molecule has 2 aromatic carbocycles. The number of aliphatic hydroxyl groups excluding tert-OH is 1. The van der Waals surface area contributed by atoms with Gasteiger partial charge in [0.05, 0.1) is 23.4 Å². The number of aliphatic hydroxyl groups is 1. The van der Waals surface area contributed by atoms with Crippen LogP contribution in [0.2, 0.25) is 0 Å². The van der Waals surface area contributed by atoms with Crippen LogP contribution in [0.25, 0.3) is 10.2 Å². The Kier molecular flexibility index (Phi) is 5.45. The average Bonchev–Trinajstić information content (AvgIpc) is 3.15. The lowest BCUT2D eigenvalue weighted by Crippen LogP contribution is -2.42. The molecular weight excluding hydrogens is 374 g/mol. The van der Waals surface area contributed by atoms with Crippen molar-refractivity contribution in [2.75, 3.05) is 25.5 Å². The first-order valence-electron chi connectivity index (χ1n) is 9.37. The number of carbonyl (C=O) groups is 1. The highest BCUT2D eigenvalue weighted by Gasteiger charge is 2.28. The maximum Gasteiger partial charge on any atom is 0.323 e. The number of fused-ring (bicyclic) bond motifs is 1. The molecule has 4 rings (SSSR count). The highest BCUT2D eigenvalue weighted by atomic mass is 32.1. The molecule has 2 heterocycles. The fraction of sp³-hybridized carbons (Fsp3) is 0.333. The Labute approximate surface area is 167 Å². The number of aromatic nitrogens is 1. The van der Waals surface area contributed by atoms with Gasteiger partial charge in [-0.25, -0.2) is 9.78 Å². The number of thiazole rings is 1. The second kappa shape index (κ2) is 8.16. The van der Waals surface area contributed by atoms with E-state index in [1.807, 2.05) is 48.5 Å². The molecule has 3 aromatic rings. The zero-order valence-electron chi connectivity index (χ0n) is 15.7. The minimum Gasteiger partial charge on any atom is -0.497 e. The van der Waals surface area contributed by atoms with Crippen molar-refractivity contribution in [2.45, 2.75) is 18.9 Å². The largest absolute Gasteiger partial charge is 0.497 e. The molecule has 0 bridgehead atoms. The Bertz CT molecular complexity index is 952. The Hall–Kier alpha value is -2.64. The average molecular weight is 398 g/mol. The summed E-state index contributed by atoms with van der Waals surface area (Å²) < 4.78 is 6.20. The van der Waals surface area contributed by atoms with Crippen LogP contribution in [-0.4, -0.2) is 41.2 Å². The fourth-order valence-electron chi connectivity index (χ4n) is 3.60. The number of nitrogens with zero attached hydrogens (tertiary/aromatic N) is 2. The van der Waals surface area contributed by atoms with Crippen LogP contribution in [0.1, 0.15) is 24.5 Å². The molecule has 1 unspecified atom stereocenters. The lowest BCUT2D eigenvalue weighted by molar-refractivity contribution is 0.0683. The summed E-state index contributed by atoms with van der Waals surface area (Å²) in [6.45, 7) is 1.25. The Morgan fingerprint density at radius 1 is 1.25 bits per heavy atom. The van der Waals surface area contributed by atoms with E-state index in [1.54, 1.807) is 12.0 Å². The number of rotatable bonds is 4. The van der Waals surface area contributed by atoms with E-state index in [-0.39, 0.29) is 11.9 Å². The van der Waals surface area contributed by atoms with Crippen molar-refractivity contribution in [1.82, 2.24) is 9.88 Å². The second-order valence-electron chi connectivity index (χ2n) is 6.96. The molecule has 7 heteroatoms. The van der Waals surface area contributed by atoms with Crippen LogP contribution in [0.15, 0.2) is 48.5 Å². The van der Waals surface area contributed by atoms with Crippen LogP contribution in [-0.2, 0) is 0 Å². The second-order valence-corrected chi connectivity index (χ2v) is 7.99. The van der Waals surface area contributed by atoms with E-state index < -0.39 is 6.10 Å². The quantitative estimate of drug-likeness (QED) is 0.689. The van der Waals surface area contributed by atoms with Crippen molar-refractivity contribution in [1.29, 1.82) is 0 Å². The number of hydrogen-bond donors (Lipinski definition) is 2. The number of hydrogen-bond acceptors (Lipinski definition) is 5. The first-order valence-corrected chi connectivity index (χ1v) is 10.2. The molecular formula is C21H23N3O3S. The maximum atomic E-state index is 12.6. The lowest BCUT2D eigenvalue weighted by atomic mass is 9.87. The van der Waals surface area contributed by atoms with Crippen molar-refractivity contribution in [2.24, 2.45) is 5.92 Å². The van der Waals surface area contributed by atoms with E-state index in [4.69, 9.17) is 4.74 Å². The van der Waals surface area contributed by atoms with Gasteiger partial charge in [-0.15, -0.1) is 0 Å². The van der Waals surface area contributed by atoms with Gasteiger partial charge in [-0.3, -0.25) is 5.32 Å². The van der Waals surface area contributed by atoms with Crippen LogP contribution in [0, 0.1) is 5.92 Å². The highest BCUT2D eigenvalue weighted by Crippen LogP contribution is 2.32. The number of methoxy groups -OCH3 is 1. The molecule has 1 aliphatic rings. The van der Waals surface area contributed by atoms with Crippen LogP contribution in [0.4, 0.5) is 9.93 Å². The number of urea groups is 1. The molecule has 1 aromatic heterocycles. The van der Waals surface area contributed by atoms with Gasteiger partial charge in [0.1, 0.15) is 5.75 Å². The maximum absolute atomic E-state index is 12.6. The predicted molar refractivity (Wildman–Crippen MR) is 111 cm³/mol. The Morgan fingerprint density at radius 2 is 2.00 bits per heavy atom. The number of carbonyl (C=O) groups excluding carboxylic acids is 1. The lowest BCUT2D eigenvalue weighted by Gasteiger charge is -2.34. The van der Waals surface area contributed by atoms with Crippen molar-refractivity contribution in [3.8, 4) is 5.75 Å². The topological polar surface area (TPSA) is 74.7 Å². The molecule has 6 nitrogen and oxygen atoms in total. The van der Waals surface area contributed by atoms with E-state index in [1.165, 1.54) is 11.3 Å². The molecule has 0 spiro atoms. The van der Waals surface area contributed by atoms with Crippen molar-refractivity contribution in [3.05, 3.63) is 54.1 Å². The molecule has 28 heavy (non-hydrogen) atoms. The molecule has 0 aliphatic carbocycles. The van der Waals surface area contributed by atoms with E-state index in [2.05, 4.69) is 10.3 Å². The molecule has 1 saturated heterocycles. The zero-order valence-corrected chi connectivity index (χ0v) is 16.5. The van der Waals surface area contributed by atoms with Gasteiger partial charge < -0.3 is 14.7 Å². The molecule has 1 atom stereocenters. The van der Waals surface area contributed by atoms with Crippen LogP contribution in [0.3, 0.4) is 0 Å². The summed E-state index contributed by atoms with van der Waals surface area (Å²) >= 11 is 1.43. The fourth-order valence-corrected chi connectivity index (χ4v) is 4.48. The summed E-state index contributed by atoms with van der Waals surface area (Å²) in [5.74, 6) is 0.939. The first kappa shape index (κ1) is 18.7. The number of likely N-dealkylation sites (tertiary alicyclic amines) is 1. The summed E-state index contributed by atoms with van der Waals surface area (Å²) in [5, 5.41) is 14.1. The predicted octanol–water partition coefficient (Wildman–Crippen LogP) is 4.28. The highest BCUT2D eigenvalue weighted by molar-refractivity contribution is 7.22.